The van der Waals surface area contributed by atoms with Gasteiger partial charge in [0.2, 0.25) is 5.91 Å². The second kappa shape index (κ2) is 6.15. The second-order valence-electron chi connectivity index (χ2n) is 7.12. The van der Waals surface area contributed by atoms with E-state index in [1.807, 2.05) is 42.5 Å². The lowest BCUT2D eigenvalue weighted by atomic mass is 9.74. The molecule has 2 atom stereocenters. The molecule has 2 aromatic rings. The van der Waals surface area contributed by atoms with Crippen molar-refractivity contribution in [3.8, 4) is 0 Å². The van der Waals surface area contributed by atoms with Crippen LogP contribution in [0, 0.1) is 11.3 Å². The Kier molecular flexibility index (Phi) is 3.96. The largest absolute Gasteiger partial charge is 0.481 e. The van der Waals surface area contributed by atoms with Crippen molar-refractivity contribution in [2.24, 2.45) is 11.3 Å². The highest BCUT2D eigenvalue weighted by atomic mass is 16.5. The summed E-state index contributed by atoms with van der Waals surface area (Å²) in [5.41, 5.74) is 0.122. The first-order chi connectivity index (χ1) is 12.1. The van der Waals surface area contributed by atoms with Crippen LogP contribution in [0.15, 0.2) is 42.5 Å². The van der Waals surface area contributed by atoms with Crippen molar-refractivity contribution in [3.63, 3.8) is 0 Å². The number of carboxylic acids is 1. The van der Waals surface area contributed by atoms with Gasteiger partial charge >= 0.3 is 5.97 Å². The van der Waals surface area contributed by atoms with E-state index in [0.717, 1.165) is 16.3 Å². The smallest absolute Gasteiger partial charge is 0.311 e. The summed E-state index contributed by atoms with van der Waals surface area (Å²) in [7, 11) is 0. The quantitative estimate of drug-likeness (QED) is 0.932. The normalized spacial score (nSPS) is 25.8. The van der Waals surface area contributed by atoms with Gasteiger partial charge in [-0.3, -0.25) is 9.59 Å². The van der Waals surface area contributed by atoms with E-state index in [9.17, 15) is 14.7 Å². The maximum Gasteiger partial charge on any atom is 0.311 e. The SMILES string of the molecule is O=C(Cc1ccc2ccccc2c1)N1C[C@@H]2COCC[C@]2(C(=O)O)C1. The van der Waals surface area contributed by atoms with Gasteiger partial charge in [-0.05, 0) is 22.8 Å². The molecule has 25 heavy (non-hydrogen) atoms. The lowest BCUT2D eigenvalue weighted by molar-refractivity contribution is -0.157. The molecule has 0 spiro atoms. The molecule has 0 saturated carbocycles. The van der Waals surface area contributed by atoms with Gasteiger partial charge in [0.1, 0.15) is 0 Å². The van der Waals surface area contributed by atoms with E-state index in [-0.39, 0.29) is 11.8 Å². The van der Waals surface area contributed by atoms with E-state index >= 15 is 0 Å². The number of carbonyl (C=O) groups is 2. The summed E-state index contributed by atoms with van der Waals surface area (Å²) < 4.78 is 5.45. The number of hydrogen-bond donors (Lipinski definition) is 1. The molecular formula is C20H21NO4. The van der Waals surface area contributed by atoms with Gasteiger partial charge in [-0.25, -0.2) is 0 Å². The van der Waals surface area contributed by atoms with Crippen LogP contribution in [0.2, 0.25) is 0 Å². The number of hydrogen-bond acceptors (Lipinski definition) is 3. The zero-order valence-corrected chi connectivity index (χ0v) is 14.0. The average molecular weight is 339 g/mol. The third-order valence-electron chi connectivity index (χ3n) is 5.65. The highest BCUT2D eigenvalue weighted by Gasteiger charge is 2.54. The first-order valence-electron chi connectivity index (χ1n) is 8.65. The van der Waals surface area contributed by atoms with Crippen LogP contribution in [-0.2, 0) is 20.7 Å². The lowest BCUT2D eigenvalue weighted by Crippen LogP contribution is -2.45. The Morgan fingerprint density at radius 2 is 2.00 bits per heavy atom. The number of ether oxygens (including phenoxy) is 1. The van der Waals surface area contributed by atoms with E-state index in [4.69, 9.17) is 4.74 Å². The highest BCUT2D eigenvalue weighted by molar-refractivity contribution is 5.86. The molecule has 0 aliphatic carbocycles. The molecule has 1 amide bonds. The van der Waals surface area contributed by atoms with Gasteiger partial charge in [0.15, 0.2) is 0 Å². The molecule has 2 heterocycles. The van der Waals surface area contributed by atoms with E-state index in [0.29, 0.717) is 39.1 Å². The minimum atomic E-state index is -0.836. The Bertz CT molecular complexity index is 833. The van der Waals surface area contributed by atoms with Crippen LogP contribution in [0.5, 0.6) is 0 Å². The van der Waals surface area contributed by atoms with Gasteiger partial charge in [0.05, 0.1) is 18.4 Å². The average Bonchev–Trinajstić information content (AvgIpc) is 3.03. The molecule has 2 aliphatic heterocycles. The first kappa shape index (κ1) is 16.1. The molecule has 0 unspecified atom stereocenters. The van der Waals surface area contributed by atoms with Crippen LogP contribution in [0.4, 0.5) is 0 Å². The summed E-state index contributed by atoms with van der Waals surface area (Å²) in [6, 6.07) is 14.1. The molecule has 5 heteroatoms. The predicted molar refractivity (Wildman–Crippen MR) is 93.2 cm³/mol. The second-order valence-corrected chi connectivity index (χ2v) is 7.12. The number of carbonyl (C=O) groups excluding carboxylic acids is 1. The number of carboxylic acid groups (broad SMARTS) is 1. The number of nitrogens with zero attached hydrogens (tertiary/aromatic N) is 1. The maximum atomic E-state index is 12.8. The molecule has 5 nitrogen and oxygen atoms in total. The Labute approximate surface area is 146 Å². The van der Waals surface area contributed by atoms with Crippen molar-refractivity contribution in [1.82, 2.24) is 4.90 Å². The molecule has 0 aromatic heterocycles. The van der Waals surface area contributed by atoms with Crippen LogP contribution < -0.4 is 0 Å². The molecule has 2 aliphatic rings. The summed E-state index contributed by atoms with van der Waals surface area (Å²) in [6.07, 6.45) is 0.779. The predicted octanol–water partition coefficient (Wildman–Crippen LogP) is 2.33. The molecule has 4 rings (SSSR count). The summed E-state index contributed by atoms with van der Waals surface area (Å²) in [6.45, 7) is 1.64. The highest BCUT2D eigenvalue weighted by Crippen LogP contribution is 2.42. The number of rotatable bonds is 3. The molecule has 2 fully saturated rings. The summed E-state index contributed by atoms with van der Waals surface area (Å²) >= 11 is 0. The van der Waals surface area contributed by atoms with E-state index < -0.39 is 11.4 Å². The van der Waals surface area contributed by atoms with E-state index in [1.165, 1.54) is 0 Å². The molecule has 1 N–H and O–H groups in total. The Balaban J connectivity index is 1.52. The summed E-state index contributed by atoms with van der Waals surface area (Å²) in [4.78, 5) is 26.3. The molecule has 2 aromatic carbocycles. The van der Waals surface area contributed by atoms with Crippen LogP contribution >= 0.6 is 0 Å². The standard InChI is InChI=1S/C20H21NO4/c22-18(10-14-5-6-15-3-1-2-4-16(15)9-14)21-11-17-12-25-8-7-20(17,13-21)19(23)24/h1-6,9,17H,7-8,10-13H2,(H,23,24)/t17-,20+/m1/s1. The van der Waals surface area contributed by atoms with Crippen LogP contribution in [0.1, 0.15) is 12.0 Å². The number of likely N-dealkylation sites (tertiary alicyclic amines) is 1. The fraction of sp³-hybridized carbons (Fsp3) is 0.400. The topological polar surface area (TPSA) is 66.8 Å². The Hall–Kier alpha value is -2.40. The van der Waals surface area contributed by atoms with Crippen molar-refractivity contribution in [3.05, 3.63) is 48.0 Å². The van der Waals surface area contributed by atoms with Gasteiger partial charge < -0.3 is 14.7 Å². The zero-order valence-electron chi connectivity index (χ0n) is 14.0. The molecule has 0 bridgehead atoms. The fourth-order valence-corrected chi connectivity index (χ4v) is 4.12. The van der Waals surface area contributed by atoms with Gasteiger partial charge in [-0.15, -0.1) is 0 Å². The molecule has 130 valence electrons. The summed E-state index contributed by atoms with van der Waals surface area (Å²) in [5, 5.41) is 12.0. The van der Waals surface area contributed by atoms with Crippen LogP contribution in [-0.4, -0.2) is 48.2 Å². The van der Waals surface area contributed by atoms with Crippen molar-refractivity contribution in [2.75, 3.05) is 26.3 Å². The first-order valence-corrected chi connectivity index (χ1v) is 8.65. The Morgan fingerprint density at radius 3 is 2.76 bits per heavy atom. The summed E-state index contributed by atoms with van der Waals surface area (Å²) in [5.74, 6) is -0.925. The fourth-order valence-electron chi connectivity index (χ4n) is 4.12. The molecular weight excluding hydrogens is 318 g/mol. The van der Waals surface area contributed by atoms with Crippen molar-refractivity contribution < 1.29 is 19.4 Å². The minimum absolute atomic E-state index is 0.00898. The minimum Gasteiger partial charge on any atom is -0.481 e. The van der Waals surface area contributed by atoms with E-state index in [1.54, 1.807) is 4.90 Å². The zero-order chi connectivity index (χ0) is 17.4. The third-order valence-corrected chi connectivity index (χ3v) is 5.65. The number of fused-ring (bicyclic) bond motifs is 2. The molecule has 2 saturated heterocycles. The number of aliphatic carboxylic acids is 1. The van der Waals surface area contributed by atoms with Crippen molar-refractivity contribution in [2.45, 2.75) is 12.8 Å². The van der Waals surface area contributed by atoms with Crippen molar-refractivity contribution in [1.29, 1.82) is 0 Å². The van der Waals surface area contributed by atoms with Gasteiger partial charge in [0.25, 0.3) is 0 Å². The Morgan fingerprint density at radius 1 is 1.20 bits per heavy atom. The van der Waals surface area contributed by atoms with E-state index in [2.05, 4.69) is 0 Å². The van der Waals surface area contributed by atoms with Crippen molar-refractivity contribution >= 4 is 22.6 Å². The molecule has 0 radical (unpaired) electrons. The van der Waals surface area contributed by atoms with Crippen LogP contribution in [0.3, 0.4) is 0 Å². The maximum absolute atomic E-state index is 12.8. The number of benzene rings is 2. The van der Waals surface area contributed by atoms with Gasteiger partial charge in [0, 0.05) is 25.6 Å². The lowest BCUT2D eigenvalue weighted by Gasteiger charge is -2.33. The van der Waals surface area contributed by atoms with Gasteiger partial charge in [-0.2, -0.15) is 0 Å². The monoisotopic (exact) mass is 339 g/mol. The number of amides is 1. The third kappa shape index (κ3) is 2.78. The van der Waals surface area contributed by atoms with Gasteiger partial charge in [-0.1, -0.05) is 42.5 Å². The van der Waals surface area contributed by atoms with Crippen LogP contribution in [0.25, 0.3) is 10.8 Å².